The Bertz CT molecular complexity index is 329. The van der Waals surface area contributed by atoms with E-state index in [9.17, 15) is 9.59 Å². The Morgan fingerprint density at radius 2 is 2.05 bits per heavy atom. The lowest BCUT2D eigenvalue weighted by molar-refractivity contribution is -0.153. The zero-order valence-corrected chi connectivity index (χ0v) is 11.6. The van der Waals surface area contributed by atoms with Crippen molar-refractivity contribution in [1.82, 2.24) is 4.90 Å². The Morgan fingerprint density at radius 3 is 2.84 bits per heavy atom. The normalized spacial score (nSPS) is 26.7. The quantitative estimate of drug-likeness (QED) is 0.726. The Balaban J connectivity index is 1.85. The Labute approximate surface area is 114 Å². The lowest BCUT2D eigenvalue weighted by Gasteiger charge is -2.43. The fraction of sp³-hybridized carbons (Fsp3) is 0.857. The maximum absolute atomic E-state index is 12.2. The van der Waals surface area contributed by atoms with E-state index in [0.29, 0.717) is 19.8 Å². The van der Waals surface area contributed by atoms with Crippen molar-refractivity contribution in [3.63, 3.8) is 0 Å². The van der Waals surface area contributed by atoms with Gasteiger partial charge in [-0.25, -0.2) is 0 Å². The molecule has 0 aromatic carbocycles. The van der Waals surface area contributed by atoms with Crippen LogP contribution in [0.4, 0.5) is 0 Å². The van der Waals surface area contributed by atoms with Gasteiger partial charge in [0.1, 0.15) is 0 Å². The van der Waals surface area contributed by atoms with E-state index in [2.05, 4.69) is 0 Å². The molecule has 0 aromatic heterocycles. The van der Waals surface area contributed by atoms with Crippen LogP contribution in [0, 0.1) is 0 Å². The average molecular weight is 269 g/mol. The van der Waals surface area contributed by atoms with Crippen molar-refractivity contribution in [2.24, 2.45) is 0 Å². The molecular formula is C14H23NO4. The van der Waals surface area contributed by atoms with Crippen LogP contribution >= 0.6 is 0 Å². The minimum Gasteiger partial charge on any atom is -0.466 e. The van der Waals surface area contributed by atoms with E-state index in [4.69, 9.17) is 9.47 Å². The summed E-state index contributed by atoms with van der Waals surface area (Å²) in [5.41, 5.74) is 0. The Hall–Kier alpha value is -1.10. The molecule has 2 atom stereocenters. The lowest BCUT2D eigenvalue weighted by Crippen LogP contribution is -2.54. The van der Waals surface area contributed by atoms with Crippen LogP contribution in [-0.4, -0.2) is 48.7 Å². The van der Waals surface area contributed by atoms with Crippen molar-refractivity contribution in [3.05, 3.63) is 0 Å². The molecule has 5 heteroatoms. The van der Waals surface area contributed by atoms with Crippen LogP contribution in [0.25, 0.3) is 0 Å². The molecule has 1 saturated heterocycles. The molecule has 2 fully saturated rings. The van der Waals surface area contributed by atoms with Crippen LogP contribution < -0.4 is 0 Å². The van der Waals surface area contributed by atoms with Gasteiger partial charge in [0.25, 0.3) is 0 Å². The number of hydrogen-bond donors (Lipinski definition) is 0. The predicted molar refractivity (Wildman–Crippen MR) is 69.6 cm³/mol. The number of amides is 1. The number of fused-ring (bicyclic) bond motifs is 1. The smallest absolute Gasteiger partial charge is 0.306 e. The number of esters is 1. The molecule has 2 rings (SSSR count). The van der Waals surface area contributed by atoms with Gasteiger partial charge in [0.15, 0.2) is 0 Å². The van der Waals surface area contributed by atoms with Crippen LogP contribution in [-0.2, 0) is 19.1 Å². The number of ether oxygens (including phenoxy) is 2. The molecule has 0 spiro atoms. The zero-order valence-electron chi connectivity index (χ0n) is 11.6. The van der Waals surface area contributed by atoms with Gasteiger partial charge in [-0.15, -0.1) is 0 Å². The summed E-state index contributed by atoms with van der Waals surface area (Å²) in [5.74, 6) is -0.224. The summed E-state index contributed by atoms with van der Waals surface area (Å²) < 4.78 is 10.6. The highest BCUT2D eigenvalue weighted by atomic mass is 16.5. The second kappa shape index (κ2) is 6.89. The fourth-order valence-corrected chi connectivity index (χ4v) is 2.99. The predicted octanol–water partition coefficient (Wildman–Crippen LogP) is 1.50. The monoisotopic (exact) mass is 269 g/mol. The molecular weight excluding hydrogens is 246 g/mol. The van der Waals surface area contributed by atoms with E-state index >= 15 is 0 Å². The first-order valence-electron chi connectivity index (χ1n) is 7.29. The molecule has 0 aromatic rings. The van der Waals surface area contributed by atoms with Crippen molar-refractivity contribution >= 4 is 11.9 Å². The van der Waals surface area contributed by atoms with E-state index in [1.165, 1.54) is 6.42 Å². The molecule has 1 aliphatic heterocycles. The molecule has 19 heavy (non-hydrogen) atoms. The highest BCUT2D eigenvalue weighted by molar-refractivity contribution is 5.81. The summed E-state index contributed by atoms with van der Waals surface area (Å²) in [6, 6.07) is 0.220. The molecule has 1 saturated carbocycles. The van der Waals surface area contributed by atoms with Gasteiger partial charge in [0.05, 0.1) is 31.8 Å². The van der Waals surface area contributed by atoms with Gasteiger partial charge >= 0.3 is 5.97 Å². The van der Waals surface area contributed by atoms with E-state index in [1.54, 1.807) is 6.92 Å². The van der Waals surface area contributed by atoms with Crippen LogP contribution in [0.2, 0.25) is 0 Å². The first-order valence-corrected chi connectivity index (χ1v) is 7.29. The first-order chi connectivity index (χ1) is 9.22. The first kappa shape index (κ1) is 14.3. The standard InChI is InChI=1S/C14H23NO4/c1-2-18-14(17)8-7-13(16)15-9-10-19-12-6-4-3-5-11(12)15/h11-12H,2-10H2,1H3. The number of carbonyl (C=O) groups excluding carboxylic acids is 2. The number of carbonyl (C=O) groups is 2. The molecule has 1 aliphatic carbocycles. The van der Waals surface area contributed by atoms with Crippen molar-refractivity contribution in [2.75, 3.05) is 19.8 Å². The minimum absolute atomic E-state index is 0.0632. The maximum atomic E-state index is 12.2. The Morgan fingerprint density at radius 1 is 1.26 bits per heavy atom. The highest BCUT2D eigenvalue weighted by Gasteiger charge is 2.36. The molecule has 0 bridgehead atoms. The fourth-order valence-electron chi connectivity index (χ4n) is 2.99. The van der Waals surface area contributed by atoms with Crippen LogP contribution in [0.3, 0.4) is 0 Å². The third-order valence-electron chi connectivity index (χ3n) is 3.90. The second-order valence-electron chi connectivity index (χ2n) is 5.15. The van der Waals surface area contributed by atoms with Crippen molar-refractivity contribution in [3.8, 4) is 0 Å². The molecule has 0 N–H and O–H groups in total. The third kappa shape index (κ3) is 3.69. The van der Waals surface area contributed by atoms with E-state index in [-0.39, 0.29) is 36.9 Å². The van der Waals surface area contributed by atoms with Gasteiger partial charge < -0.3 is 14.4 Å². The summed E-state index contributed by atoms with van der Waals surface area (Å²) in [5, 5.41) is 0. The molecule has 1 amide bonds. The number of hydrogen-bond acceptors (Lipinski definition) is 4. The van der Waals surface area contributed by atoms with Gasteiger partial charge in [-0.05, 0) is 19.8 Å². The third-order valence-corrected chi connectivity index (χ3v) is 3.90. The zero-order chi connectivity index (χ0) is 13.7. The summed E-state index contributed by atoms with van der Waals surface area (Å²) in [7, 11) is 0. The van der Waals surface area contributed by atoms with Crippen molar-refractivity contribution in [2.45, 2.75) is 57.6 Å². The van der Waals surface area contributed by atoms with Crippen LogP contribution in [0.15, 0.2) is 0 Å². The number of nitrogens with zero attached hydrogens (tertiary/aromatic N) is 1. The van der Waals surface area contributed by atoms with E-state index in [0.717, 1.165) is 19.3 Å². The summed E-state index contributed by atoms with van der Waals surface area (Å²) >= 11 is 0. The molecule has 108 valence electrons. The SMILES string of the molecule is CCOC(=O)CCC(=O)N1CCOC2CCCCC21. The average Bonchev–Trinajstić information content (AvgIpc) is 2.44. The number of morpholine rings is 1. The van der Waals surface area contributed by atoms with Gasteiger partial charge in [0.2, 0.25) is 5.91 Å². The maximum Gasteiger partial charge on any atom is 0.306 e. The second-order valence-corrected chi connectivity index (χ2v) is 5.15. The molecule has 1 heterocycles. The van der Waals surface area contributed by atoms with Crippen LogP contribution in [0.1, 0.15) is 45.4 Å². The van der Waals surface area contributed by atoms with E-state index < -0.39 is 0 Å². The summed E-state index contributed by atoms with van der Waals surface area (Å²) in [6.07, 6.45) is 5.05. The van der Waals surface area contributed by atoms with E-state index in [1.807, 2.05) is 4.90 Å². The Kier molecular flexibility index (Phi) is 5.19. The molecule has 0 radical (unpaired) electrons. The molecule has 2 aliphatic rings. The summed E-state index contributed by atoms with van der Waals surface area (Å²) in [6.45, 7) is 3.42. The van der Waals surface area contributed by atoms with Gasteiger partial charge in [0, 0.05) is 13.0 Å². The van der Waals surface area contributed by atoms with Crippen molar-refractivity contribution in [1.29, 1.82) is 0 Å². The number of rotatable bonds is 4. The van der Waals surface area contributed by atoms with Crippen molar-refractivity contribution < 1.29 is 19.1 Å². The highest BCUT2D eigenvalue weighted by Crippen LogP contribution is 2.28. The minimum atomic E-state index is -0.288. The van der Waals surface area contributed by atoms with Gasteiger partial charge in [-0.2, -0.15) is 0 Å². The molecule has 5 nitrogen and oxygen atoms in total. The van der Waals surface area contributed by atoms with Gasteiger partial charge in [-0.1, -0.05) is 12.8 Å². The van der Waals surface area contributed by atoms with Gasteiger partial charge in [-0.3, -0.25) is 9.59 Å². The largest absolute Gasteiger partial charge is 0.466 e. The summed E-state index contributed by atoms with van der Waals surface area (Å²) in [4.78, 5) is 25.4. The van der Waals surface area contributed by atoms with Crippen LogP contribution in [0.5, 0.6) is 0 Å². The topological polar surface area (TPSA) is 55.8 Å². The molecule has 2 unspecified atom stereocenters. The lowest BCUT2D eigenvalue weighted by atomic mass is 9.90.